The Hall–Kier alpha value is -1.63. The molecule has 1 aromatic heterocycles. The van der Waals surface area contributed by atoms with Crippen LogP contribution in [-0.2, 0) is 17.5 Å². The molecular formula is C11H12F3N3O. The molecule has 0 bridgehead atoms. The number of carbonyl (C=O) groups excluding carboxylic acids is 1. The summed E-state index contributed by atoms with van der Waals surface area (Å²) in [5, 5.41) is 1.47. The summed E-state index contributed by atoms with van der Waals surface area (Å²) in [6.07, 6.45) is -2.27. The summed E-state index contributed by atoms with van der Waals surface area (Å²) in [5.41, 5.74) is 2.53. The van der Waals surface area contributed by atoms with Gasteiger partial charge in [-0.1, -0.05) is 0 Å². The van der Waals surface area contributed by atoms with Gasteiger partial charge < -0.3 is 0 Å². The fraction of sp³-hybridized carbons (Fsp3) is 0.455. The van der Waals surface area contributed by atoms with Crippen LogP contribution in [0.4, 0.5) is 13.2 Å². The summed E-state index contributed by atoms with van der Waals surface area (Å²) >= 11 is 0. The zero-order valence-corrected chi connectivity index (χ0v) is 9.50. The van der Waals surface area contributed by atoms with Gasteiger partial charge in [-0.25, -0.2) is 5.43 Å². The molecule has 1 aliphatic heterocycles. The predicted molar refractivity (Wildman–Crippen MR) is 57.0 cm³/mol. The van der Waals surface area contributed by atoms with E-state index in [-0.39, 0.29) is 12.5 Å². The standard InChI is InChI=1S/C11H12F3N3O/c12-11(13,14)8-3-4-9(15-6-8)7-16-17-5-1-2-10(17)18/h3-4,6,16H,1-2,5,7H2. The van der Waals surface area contributed by atoms with E-state index in [4.69, 9.17) is 0 Å². The summed E-state index contributed by atoms with van der Waals surface area (Å²) in [6.45, 7) is 0.864. The van der Waals surface area contributed by atoms with Crippen molar-refractivity contribution >= 4 is 5.91 Å². The Kier molecular flexibility index (Phi) is 3.51. The molecule has 1 N–H and O–H groups in total. The highest BCUT2D eigenvalue weighted by Gasteiger charge is 2.30. The number of hydrogen-bond acceptors (Lipinski definition) is 3. The average molecular weight is 259 g/mol. The molecule has 2 rings (SSSR count). The molecule has 1 aliphatic rings. The molecule has 7 heteroatoms. The third kappa shape index (κ3) is 2.98. The van der Waals surface area contributed by atoms with E-state index in [1.54, 1.807) is 0 Å². The van der Waals surface area contributed by atoms with E-state index in [1.807, 2.05) is 0 Å². The molecule has 1 amide bonds. The molecule has 1 fully saturated rings. The van der Waals surface area contributed by atoms with Gasteiger partial charge in [0.25, 0.3) is 0 Å². The van der Waals surface area contributed by atoms with Gasteiger partial charge in [-0.15, -0.1) is 0 Å². The van der Waals surface area contributed by atoms with E-state index in [0.29, 0.717) is 18.7 Å². The van der Waals surface area contributed by atoms with Gasteiger partial charge in [0.2, 0.25) is 5.91 Å². The van der Waals surface area contributed by atoms with Gasteiger partial charge in [-0.05, 0) is 18.6 Å². The van der Waals surface area contributed by atoms with Crippen molar-refractivity contribution in [1.82, 2.24) is 15.4 Å². The summed E-state index contributed by atoms with van der Waals surface area (Å²) in [4.78, 5) is 15.0. The summed E-state index contributed by atoms with van der Waals surface area (Å²) < 4.78 is 36.9. The minimum absolute atomic E-state index is 0.00177. The van der Waals surface area contributed by atoms with Gasteiger partial charge in [0.05, 0.1) is 17.8 Å². The number of aromatic nitrogens is 1. The fourth-order valence-electron chi connectivity index (χ4n) is 1.69. The topological polar surface area (TPSA) is 45.2 Å². The van der Waals surface area contributed by atoms with Gasteiger partial charge in [0, 0.05) is 19.2 Å². The van der Waals surface area contributed by atoms with Gasteiger partial charge in [0.15, 0.2) is 0 Å². The van der Waals surface area contributed by atoms with Crippen LogP contribution in [0.1, 0.15) is 24.1 Å². The largest absolute Gasteiger partial charge is 0.417 e. The smallest absolute Gasteiger partial charge is 0.278 e. The maximum Gasteiger partial charge on any atom is 0.417 e. The summed E-state index contributed by atoms with van der Waals surface area (Å²) in [6, 6.07) is 2.28. The molecule has 0 atom stereocenters. The van der Waals surface area contributed by atoms with Gasteiger partial charge in [-0.2, -0.15) is 13.2 Å². The Bertz CT molecular complexity index is 430. The highest BCUT2D eigenvalue weighted by molar-refractivity contribution is 5.77. The summed E-state index contributed by atoms with van der Waals surface area (Å²) in [5.74, 6) is 0.00177. The molecule has 0 aromatic carbocycles. The average Bonchev–Trinajstić information content (AvgIpc) is 2.72. The second kappa shape index (κ2) is 4.93. The monoisotopic (exact) mass is 259 g/mol. The van der Waals surface area contributed by atoms with Crippen molar-refractivity contribution in [3.05, 3.63) is 29.6 Å². The van der Waals surface area contributed by atoms with E-state index < -0.39 is 11.7 Å². The third-order valence-electron chi connectivity index (χ3n) is 2.68. The number of rotatable bonds is 3. The van der Waals surface area contributed by atoms with Crippen molar-refractivity contribution < 1.29 is 18.0 Å². The van der Waals surface area contributed by atoms with Crippen molar-refractivity contribution in [2.24, 2.45) is 0 Å². The van der Waals surface area contributed by atoms with E-state index >= 15 is 0 Å². The van der Waals surface area contributed by atoms with Crippen LogP contribution in [0.25, 0.3) is 0 Å². The first-order valence-electron chi connectivity index (χ1n) is 5.53. The van der Waals surface area contributed by atoms with Crippen LogP contribution in [0.15, 0.2) is 18.3 Å². The lowest BCUT2D eigenvalue weighted by Crippen LogP contribution is -2.38. The second-order valence-corrected chi connectivity index (χ2v) is 4.02. The van der Waals surface area contributed by atoms with Gasteiger partial charge >= 0.3 is 6.18 Å². The fourth-order valence-corrected chi connectivity index (χ4v) is 1.69. The Balaban J connectivity index is 1.92. The second-order valence-electron chi connectivity index (χ2n) is 4.02. The first kappa shape index (κ1) is 12.8. The van der Waals surface area contributed by atoms with Crippen LogP contribution in [0.5, 0.6) is 0 Å². The molecule has 0 radical (unpaired) electrons. The maximum atomic E-state index is 12.3. The Morgan fingerprint density at radius 1 is 1.39 bits per heavy atom. The molecule has 0 spiro atoms. The number of hydrogen-bond donors (Lipinski definition) is 1. The predicted octanol–water partition coefficient (Wildman–Crippen LogP) is 1.73. The number of hydrazine groups is 1. The first-order chi connectivity index (χ1) is 8.47. The molecule has 98 valence electrons. The molecule has 0 aliphatic carbocycles. The lowest BCUT2D eigenvalue weighted by Gasteiger charge is -2.16. The minimum atomic E-state index is -4.37. The van der Waals surface area contributed by atoms with Gasteiger partial charge in [-0.3, -0.25) is 14.8 Å². The third-order valence-corrected chi connectivity index (χ3v) is 2.68. The number of carbonyl (C=O) groups is 1. The highest BCUT2D eigenvalue weighted by atomic mass is 19.4. The zero-order valence-electron chi connectivity index (χ0n) is 9.50. The maximum absolute atomic E-state index is 12.3. The zero-order chi connectivity index (χ0) is 13.2. The Morgan fingerprint density at radius 2 is 2.17 bits per heavy atom. The molecule has 1 saturated heterocycles. The highest BCUT2D eigenvalue weighted by Crippen LogP contribution is 2.28. The van der Waals surface area contributed by atoms with E-state index in [9.17, 15) is 18.0 Å². The lowest BCUT2D eigenvalue weighted by atomic mass is 10.2. The van der Waals surface area contributed by atoms with Crippen molar-refractivity contribution in [2.45, 2.75) is 25.6 Å². The van der Waals surface area contributed by atoms with Crippen LogP contribution in [0.2, 0.25) is 0 Å². The molecule has 1 aromatic rings. The number of halogens is 3. The van der Waals surface area contributed by atoms with Crippen LogP contribution in [-0.4, -0.2) is 22.4 Å². The summed E-state index contributed by atoms with van der Waals surface area (Å²) in [7, 11) is 0. The number of amides is 1. The van der Waals surface area contributed by atoms with Crippen LogP contribution in [0, 0.1) is 0 Å². The number of nitrogens with zero attached hydrogens (tertiary/aromatic N) is 2. The molecule has 18 heavy (non-hydrogen) atoms. The number of alkyl halides is 3. The number of nitrogens with one attached hydrogen (secondary N) is 1. The van der Waals surface area contributed by atoms with E-state index in [2.05, 4.69) is 10.4 Å². The Labute approximate surface area is 102 Å². The van der Waals surface area contributed by atoms with Crippen molar-refractivity contribution in [3.63, 3.8) is 0 Å². The molecule has 4 nitrogen and oxygen atoms in total. The Morgan fingerprint density at radius 3 is 2.67 bits per heavy atom. The molecule has 0 saturated carbocycles. The molecular weight excluding hydrogens is 247 g/mol. The van der Waals surface area contributed by atoms with E-state index in [1.165, 1.54) is 11.1 Å². The first-order valence-corrected chi connectivity index (χ1v) is 5.53. The van der Waals surface area contributed by atoms with Crippen LogP contribution >= 0.6 is 0 Å². The van der Waals surface area contributed by atoms with Crippen LogP contribution < -0.4 is 5.43 Å². The minimum Gasteiger partial charge on any atom is -0.278 e. The quantitative estimate of drug-likeness (QED) is 0.899. The lowest BCUT2D eigenvalue weighted by molar-refractivity contribution is -0.137. The molecule has 2 heterocycles. The van der Waals surface area contributed by atoms with Crippen molar-refractivity contribution in [1.29, 1.82) is 0 Å². The van der Waals surface area contributed by atoms with Crippen molar-refractivity contribution in [3.8, 4) is 0 Å². The van der Waals surface area contributed by atoms with Crippen molar-refractivity contribution in [2.75, 3.05) is 6.54 Å². The van der Waals surface area contributed by atoms with Gasteiger partial charge in [0.1, 0.15) is 0 Å². The number of pyridine rings is 1. The molecule has 0 unspecified atom stereocenters. The van der Waals surface area contributed by atoms with Crippen LogP contribution in [0.3, 0.4) is 0 Å². The SMILES string of the molecule is O=C1CCCN1NCc1ccc(C(F)(F)F)cn1. The van der Waals surface area contributed by atoms with E-state index in [0.717, 1.165) is 18.7 Å². The normalized spacial score (nSPS) is 16.4.